The summed E-state index contributed by atoms with van der Waals surface area (Å²) in [6.07, 6.45) is 5.98. The van der Waals surface area contributed by atoms with E-state index in [0.29, 0.717) is 51.9 Å². The van der Waals surface area contributed by atoms with E-state index in [1.807, 2.05) is 58.9 Å². The molecule has 2 aromatic carbocycles. The molecule has 1 spiro atoms. The Labute approximate surface area is 331 Å². The summed E-state index contributed by atoms with van der Waals surface area (Å²) >= 11 is 1.28. The Balaban J connectivity index is 0.00000237. The molecule has 0 unspecified atom stereocenters. The third kappa shape index (κ3) is 7.68. The number of amides is 3. The van der Waals surface area contributed by atoms with Crippen LogP contribution < -0.4 is 20.4 Å². The Morgan fingerprint density at radius 3 is 2.36 bits per heavy atom. The number of carbonyl (C=O) groups excluding carboxylic acids is 3. The number of hydrogen-bond donors (Lipinski definition) is 2. The Morgan fingerprint density at radius 1 is 0.911 bits per heavy atom. The van der Waals surface area contributed by atoms with E-state index in [-0.39, 0.29) is 28.8 Å². The van der Waals surface area contributed by atoms with Gasteiger partial charge in [0, 0.05) is 48.7 Å². The molecular formula is C44H47FN6O4S. The van der Waals surface area contributed by atoms with Crippen LogP contribution in [0.2, 0.25) is 0 Å². The topological polar surface area (TPSA) is 117 Å². The number of rotatable bonds is 7. The predicted octanol–water partition coefficient (Wildman–Crippen LogP) is 9.13. The molecule has 10 nitrogen and oxygen atoms in total. The first-order chi connectivity index (χ1) is 27.1. The predicted molar refractivity (Wildman–Crippen MR) is 221 cm³/mol. The number of aryl methyl sites for hydroxylation is 1. The van der Waals surface area contributed by atoms with E-state index in [2.05, 4.69) is 25.5 Å². The minimum atomic E-state index is -0.479. The van der Waals surface area contributed by atoms with E-state index >= 15 is 0 Å². The fourth-order valence-corrected chi connectivity index (χ4v) is 8.62. The maximum atomic E-state index is 14.8. The van der Waals surface area contributed by atoms with Crippen molar-refractivity contribution >= 4 is 51.9 Å². The molecule has 12 heteroatoms. The second-order valence-electron chi connectivity index (χ2n) is 14.8. The first kappa shape index (κ1) is 38.8. The number of piperidine rings is 1. The van der Waals surface area contributed by atoms with Crippen LogP contribution >= 0.6 is 11.3 Å². The van der Waals surface area contributed by atoms with Gasteiger partial charge in [0.05, 0.1) is 39.9 Å². The van der Waals surface area contributed by atoms with Crippen molar-refractivity contribution in [3.8, 4) is 10.6 Å². The van der Waals surface area contributed by atoms with Crippen LogP contribution in [0.4, 0.5) is 27.3 Å². The summed E-state index contributed by atoms with van der Waals surface area (Å²) < 4.78 is 20.3. The molecule has 2 fully saturated rings. The zero-order valence-electron chi connectivity index (χ0n) is 32.4. The number of hydrogen-bond acceptors (Lipinski definition) is 8. The quantitative estimate of drug-likeness (QED) is 0.170. The number of benzene rings is 2. The number of aromatic nitrogens is 2. The van der Waals surface area contributed by atoms with Gasteiger partial charge < -0.3 is 25.2 Å². The van der Waals surface area contributed by atoms with E-state index in [1.54, 1.807) is 53.7 Å². The molecule has 290 valence electrons. The molecule has 6 heterocycles. The third-order valence-electron chi connectivity index (χ3n) is 10.7. The van der Waals surface area contributed by atoms with Crippen molar-refractivity contribution in [2.24, 2.45) is 5.41 Å². The van der Waals surface area contributed by atoms with Gasteiger partial charge in [-0.15, -0.1) is 11.3 Å². The van der Waals surface area contributed by atoms with E-state index < -0.39 is 11.7 Å². The summed E-state index contributed by atoms with van der Waals surface area (Å²) in [6, 6.07) is 19.0. The highest BCUT2D eigenvalue weighted by Gasteiger charge is 2.42. The Kier molecular flexibility index (Phi) is 11.3. The Bertz CT molecular complexity index is 2260. The highest BCUT2D eigenvalue weighted by molar-refractivity contribution is 7.17. The minimum Gasteiger partial charge on any atom is -0.380 e. The van der Waals surface area contributed by atoms with Gasteiger partial charge in [0.1, 0.15) is 17.3 Å². The molecule has 3 aliphatic rings. The van der Waals surface area contributed by atoms with E-state index in [1.165, 1.54) is 17.4 Å². The van der Waals surface area contributed by atoms with Gasteiger partial charge in [0.2, 0.25) is 0 Å². The zero-order chi connectivity index (χ0) is 39.6. The SMILES string of the molecule is CC.Cc1cnc(N2CCC3(CC2)COC3)c(C(=O)Nc2ccc(C(=O)N3CCc4cc(C(=O)Nc5c(F)cccc5C(C)C)sc4-c4ncccc43)cc2)c1. The first-order valence-electron chi connectivity index (χ1n) is 19.3. The molecule has 0 aliphatic carbocycles. The number of para-hydroxylation sites is 1. The molecule has 0 bridgehead atoms. The molecule has 0 radical (unpaired) electrons. The fraction of sp³-hybridized carbons (Fsp3) is 0.341. The largest absolute Gasteiger partial charge is 0.380 e. The monoisotopic (exact) mass is 774 g/mol. The Morgan fingerprint density at radius 2 is 1.66 bits per heavy atom. The van der Waals surface area contributed by atoms with Gasteiger partial charge in [-0.2, -0.15) is 0 Å². The lowest BCUT2D eigenvalue weighted by molar-refractivity contribution is -0.124. The molecule has 0 saturated carbocycles. The van der Waals surface area contributed by atoms with Crippen LogP contribution in [0.3, 0.4) is 0 Å². The van der Waals surface area contributed by atoms with Gasteiger partial charge in [-0.05, 0) is 103 Å². The van der Waals surface area contributed by atoms with Crippen LogP contribution in [0.5, 0.6) is 0 Å². The number of halogens is 1. The zero-order valence-corrected chi connectivity index (χ0v) is 33.3. The highest BCUT2D eigenvalue weighted by atomic mass is 32.1. The lowest BCUT2D eigenvalue weighted by Gasteiger charge is -2.47. The summed E-state index contributed by atoms with van der Waals surface area (Å²) in [7, 11) is 0. The summed E-state index contributed by atoms with van der Waals surface area (Å²) in [5.74, 6) is -0.630. The van der Waals surface area contributed by atoms with E-state index in [9.17, 15) is 18.8 Å². The van der Waals surface area contributed by atoms with Crippen LogP contribution in [0.15, 0.2) is 79.1 Å². The van der Waals surface area contributed by atoms with Crippen molar-refractivity contribution in [3.05, 3.63) is 118 Å². The second kappa shape index (κ2) is 16.3. The molecule has 8 rings (SSSR count). The number of thiophene rings is 1. The van der Waals surface area contributed by atoms with Gasteiger partial charge in [-0.1, -0.05) is 39.8 Å². The number of nitrogens with one attached hydrogen (secondary N) is 2. The van der Waals surface area contributed by atoms with Gasteiger partial charge in [-0.25, -0.2) is 9.37 Å². The van der Waals surface area contributed by atoms with Crippen LogP contribution in [0, 0.1) is 18.2 Å². The van der Waals surface area contributed by atoms with Crippen molar-refractivity contribution < 1.29 is 23.5 Å². The maximum absolute atomic E-state index is 14.8. The first-order valence-corrected chi connectivity index (χ1v) is 20.1. The molecule has 2 N–H and O–H groups in total. The molecule has 3 aromatic heterocycles. The van der Waals surface area contributed by atoms with Crippen LogP contribution in [0.25, 0.3) is 10.6 Å². The van der Waals surface area contributed by atoms with Crippen molar-refractivity contribution in [2.75, 3.05) is 53.3 Å². The smallest absolute Gasteiger partial charge is 0.265 e. The number of ether oxygens (including phenoxy) is 1. The van der Waals surface area contributed by atoms with Gasteiger partial charge >= 0.3 is 0 Å². The standard InChI is InChI=1S/C42H41FN6O4S.C2H6/c1-25(2)30-6-4-7-32(43)35(30)47-40(51)34-21-28-13-17-49(33-8-5-16-44-36(33)37(28)54-34)41(52)27-9-11-29(12-10-27)46-39(50)31-20-26(3)22-45-38(31)48-18-14-42(15-19-48)23-53-24-42;1-2/h4-12,16,20-22,25H,13-15,17-19,23-24H2,1-3H3,(H,46,50)(H,47,51);1-2H3. The van der Waals surface area contributed by atoms with Crippen LogP contribution in [0.1, 0.15) is 93.5 Å². The molecule has 2 saturated heterocycles. The molecule has 0 atom stereocenters. The molecular weight excluding hydrogens is 728 g/mol. The van der Waals surface area contributed by atoms with Crippen LogP contribution in [-0.4, -0.2) is 60.5 Å². The normalized spacial score (nSPS) is 15.5. The summed E-state index contributed by atoms with van der Waals surface area (Å²) in [4.78, 5) is 55.6. The van der Waals surface area contributed by atoms with Crippen molar-refractivity contribution in [1.82, 2.24) is 9.97 Å². The summed E-state index contributed by atoms with van der Waals surface area (Å²) in [6.45, 7) is 13.5. The number of pyridine rings is 2. The average Bonchev–Trinajstić information content (AvgIpc) is 3.57. The molecule has 3 amide bonds. The molecule has 56 heavy (non-hydrogen) atoms. The van der Waals surface area contributed by atoms with Crippen molar-refractivity contribution in [3.63, 3.8) is 0 Å². The number of anilines is 4. The van der Waals surface area contributed by atoms with E-state index in [4.69, 9.17) is 4.74 Å². The second-order valence-corrected chi connectivity index (χ2v) is 15.8. The number of nitrogens with zero attached hydrogens (tertiary/aromatic N) is 4. The van der Waals surface area contributed by atoms with Gasteiger partial charge in [0.25, 0.3) is 17.7 Å². The minimum absolute atomic E-state index is 0.0238. The van der Waals surface area contributed by atoms with E-state index in [0.717, 1.165) is 60.7 Å². The van der Waals surface area contributed by atoms with Gasteiger partial charge in [0.15, 0.2) is 0 Å². The summed E-state index contributed by atoms with van der Waals surface area (Å²) in [5.41, 5.74) is 5.75. The third-order valence-corrected chi connectivity index (χ3v) is 11.8. The number of fused-ring (bicyclic) bond motifs is 3. The molecule has 3 aliphatic heterocycles. The lowest BCUT2D eigenvalue weighted by Crippen LogP contribution is -2.51. The Hall–Kier alpha value is -5.46. The van der Waals surface area contributed by atoms with Crippen molar-refractivity contribution in [2.45, 2.75) is 59.8 Å². The highest BCUT2D eigenvalue weighted by Crippen LogP contribution is 2.42. The fourth-order valence-electron chi connectivity index (χ4n) is 7.51. The van der Waals surface area contributed by atoms with Gasteiger partial charge in [-0.3, -0.25) is 19.4 Å². The van der Waals surface area contributed by atoms with Crippen molar-refractivity contribution in [1.29, 1.82) is 0 Å². The number of carbonyl (C=O) groups is 3. The maximum Gasteiger partial charge on any atom is 0.265 e. The summed E-state index contributed by atoms with van der Waals surface area (Å²) in [5, 5.41) is 5.81. The lowest BCUT2D eigenvalue weighted by atomic mass is 9.77. The average molecular weight is 775 g/mol. The molecule has 5 aromatic rings. The van der Waals surface area contributed by atoms with Crippen LogP contribution in [-0.2, 0) is 11.2 Å².